The van der Waals surface area contributed by atoms with E-state index in [0.717, 1.165) is 6.07 Å². The predicted octanol–water partition coefficient (Wildman–Crippen LogP) is 3.16. The summed E-state index contributed by atoms with van der Waals surface area (Å²) in [5, 5.41) is 12.3. The smallest absolute Gasteiger partial charge is 0.260 e. The molecule has 0 saturated carbocycles. The van der Waals surface area contributed by atoms with E-state index in [2.05, 4.69) is 5.32 Å². The summed E-state index contributed by atoms with van der Waals surface area (Å²) in [5.41, 5.74) is -0.225. The molecule has 1 aromatic carbocycles. The van der Waals surface area contributed by atoms with Crippen molar-refractivity contribution in [3.05, 3.63) is 29.0 Å². The Kier molecular flexibility index (Phi) is 6.63. The molecule has 0 radical (unpaired) electrons. The van der Waals surface area contributed by atoms with E-state index in [1.807, 2.05) is 13.8 Å². The minimum atomic E-state index is -0.759. The second kappa shape index (κ2) is 7.79. The van der Waals surface area contributed by atoms with Gasteiger partial charge in [-0.05, 0) is 43.9 Å². The molecule has 6 heteroatoms. The Labute approximate surface area is 135 Å². The van der Waals surface area contributed by atoms with Crippen molar-refractivity contribution in [2.75, 3.05) is 6.54 Å². The predicted molar refractivity (Wildman–Crippen MR) is 84.6 cm³/mol. The lowest BCUT2D eigenvalue weighted by molar-refractivity contribution is -0.127. The molecule has 0 aliphatic heterocycles. The highest BCUT2D eigenvalue weighted by atomic mass is 35.5. The van der Waals surface area contributed by atoms with E-state index in [-0.39, 0.29) is 22.1 Å². The maximum Gasteiger partial charge on any atom is 0.260 e. The minimum absolute atomic E-state index is 0.120. The highest BCUT2D eigenvalue weighted by Gasteiger charge is 2.23. The first-order valence-corrected chi connectivity index (χ1v) is 7.56. The van der Waals surface area contributed by atoms with Gasteiger partial charge in [-0.1, -0.05) is 25.4 Å². The van der Waals surface area contributed by atoms with Gasteiger partial charge in [-0.15, -0.1) is 0 Å². The second-order valence-corrected chi connectivity index (χ2v) is 6.68. The molecule has 0 bridgehead atoms. The number of hydrogen-bond donors (Lipinski definition) is 2. The lowest BCUT2D eigenvalue weighted by Crippen LogP contribution is -2.42. The number of nitrogens with one attached hydrogen (secondary N) is 1. The third kappa shape index (κ3) is 6.20. The molecule has 2 unspecified atom stereocenters. The Morgan fingerprint density at radius 3 is 2.64 bits per heavy atom. The summed E-state index contributed by atoms with van der Waals surface area (Å²) in [6.07, 6.45) is -0.615. The van der Waals surface area contributed by atoms with Crippen molar-refractivity contribution in [3.63, 3.8) is 0 Å². The number of ether oxygens (including phenoxy) is 1. The summed E-state index contributed by atoms with van der Waals surface area (Å²) in [6, 6.07) is 3.74. The molecule has 0 saturated heterocycles. The van der Waals surface area contributed by atoms with Crippen LogP contribution in [0.25, 0.3) is 0 Å². The van der Waals surface area contributed by atoms with Crippen LogP contribution in [-0.4, -0.2) is 29.8 Å². The molecule has 0 aliphatic carbocycles. The highest BCUT2D eigenvalue weighted by molar-refractivity contribution is 6.32. The lowest BCUT2D eigenvalue weighted by atomic mass is 9.87. The Morgan fingerprint density at radius 1 is 1.45 bits per heavy atom. The van der Waals surface area contributed by atoms with E-state index >= 15 is 0 Å². The highest BCUT2D eigenvalue weighted by Crippen LogP contribution is 2.26. The van der Waals surface area contributed by atoms with Crippen LogP contribution >= 0.6 is 11.6 Å². The van der Waals surface area contributed by atoms with Gasteiger partial charge >= 0.3 is 0 Å². The van der Waals surface area contributed by atoms with Gasteiger partial charge in [-0.25, -0.2) is 4.39 Å². The zero-order valence-electron chi connectivity index (χ0n) is 13.3. The van der Waals surface area contributed by atoms with Gasteiger partial charge in [0.1, 0.15) is 11.6 Å². The van der Waals surface area contributed by atoms with Crippen LogP contribution in [0.4, 0.5) is 4.39 Å². The standard InChI is InChI=1S/C16H23ClFNO3/c1-10(20)8-16(3,4)9-19-15(21)11(2)22-14-6-5-12(18)7-13(14)17/h5-7,10-11,20H,8-9H2,1-4H3,(H,19,21). The number of rotatable bonds is 7. The van der Waals surface area contributed by atoms with Crippen LogP contribution in [0.3, 0.4) is 0 Å². The van der Waals surface area contributed by atoms with Gasteiger partial charge in [-0.3, -0.25) is 4.79 Å². The van der Waals surface area contributed by atoms with Gasteiger partial charge in [0, 0.05) is 6.54 Å². The van der Waals surface area contributed by atoms with Crippen molar-refractivity contribution in [1.29, 1.82) is 0 Å². The average Bonchev–Trinajstić information content (AvgIpc) is 2.37. The maximum absolute atomic E-state index is 13.0. The fourth-order valence-corrected chi connectivity index (χ4v) is 2.37. The molecule has 2 atom stereocenters. The molecule has 1 amide bonds. The number of halogens is 2. The normalized spacial score (nSPS) is 14.3. The Morgan fingerprint density at radius 2 is 2.09 bits per heavy atom. The zero-order chi connectivity index (χ0) is 16.9. The molecule has 0 spiro atoms. The van der Waals surface area contributed by atoms with Crippen molar-refractivity contribution in [2.24, 2.45) is 5.41 Å². The number of carbonyl (C=O) groups is 1. The maximum atomic E-state index is 13.0. The van der Waals surface area contributed by atoms with Crippen LogP contribution in [0.1, 0.15) is 34.1 Å². The summed E-state index contributed by atoms with van der Waals surface area (Å²) in [4.78, 5) is 12.0. The van der Waals surface area contributed by atoms with Crippen LogP contribution in [0.5, 0.6) is 5.75 Å². The number of aliphatic hydroxyl groups is 1. The Hall–Kier alpha value is -1.33. The van der Waals surface area contributed by atoms with Gasteiger partial charge in [0.25, 0.3) is 5.91 Å². The molecule has 0 fully saturated rings. The van der Waals surface area contributed by atoms with Crippen LogP contribution in [0.2, 0.25) is 5.02 Å². The summed E-state index contributed by atoms with van der Waals surface area (Å²) in [5.74, 6) is -0.498. The monoisotopic (exact) mass is 331 g/mol. The quantitative estimate of drug-likeness (QED) is 0.807. The van der Waals surface area contributed by atoms with Crippen LogP contribution < -0.4 is 10.1 Å². The molecule has 124 valence electrons. The van der Waals surface area contributed by atoms with Gasteiger partial charge in [0.2, 0.25) is 0 Å². The number of amides is 1. The number of hydrogen-bond acceptors (Lipinski definition) is 3. The van der Waals surface area contributed by atoms with E-state index in [0.29, 0.717) is 13.0 Å². The minimum Gasteiger partial charge on any atom is -0.479 e. The summed E-state index contributed by atoms with van der Waals surface area (Å²) in [6.45, 7) is 7.65. The topological polar surface area (TPSA) is 58.6 Å². The van der Waals surface area contributed by atoms with Gasteiger partial charge < -0.3 is 15.2 Å². The number of carbonyl (C=O) groups excluding carboxylic acids is 1. The van der Waals surface area contributed by atoms with E-state index in [4.69, 9.17) is 16.3 Å². The molecule has 0 aromatic heterocycles. The largest absolute Gasteiger partial charge is 0.479 e. The first kappa shape index (κ1) is 18.7. The van der Waals surface area contributed by atoms with E-state index in [9.17, 15) is 14.3 Å². The second-order valence-electron chi connectivity index (χ2n) is 6.27. The van der Waals surface area contributed by atoms with Crippen LogP contribution in [0, 0.1) is 11.2 Å². The van der Waals surface area contributed by atoms with Crippen molar-refractivity contribution >= 4 is 17.5 Å². The fourth-order valence-electron chi connectivity index (χ4n) is 2.16. The van der Waals surface area contributed by atoms with Gasteiger partial charge in [-0.2, -0.15) is 0 Å². The molecule has 0 aliphatic rings. The van der Waals surface area contributed by atoms with Crippen molar-refractivity contribution in [3.8, 4) is 5.75 Å². The first-order chi connectivity index (χ1) is 10.1. The molecule has 1 rings (SSSR count). The molecule has 1 aromatic rings. The third-order valence-electron chi connectivity index (χ3n) is 3.16. The van der Waals surface area contributed by atoms with E-state index < -0.39 is 18.0 Å². The fraction of sp³-hybridized carbons (Fsp3) is 0.562. The van der Waals surface area contributed by atoms with E-state index in [1.165, 1.54) is 12.1 Å². The van der Waals surface area contributed by atoms with Crippen molar-refractivity contribution in [2.45, 2.75) is 46.3 Å². The Bertz CT molecular complexity index is 520. The number of aliphatic hydroxyl groups excluding tert-OH is 1. The average molecular weight is 332 g/mol. The van der Waals surface area contributed by atoms with Crippen LogP contribution in [0.15, 0.2) is 18.2 Å². The lowest BCUT2D eigenvalue weighted by Gasteiger charge is -2.27. The molecule has 2 N–H and O–H groups in total. The van der Waals surface area contributed by atoms with Gasteiger partial charge in [0.05, 0.1) is 11.1 Å². The SMILES string of the molecule is CC(O)CC(C)(C)CNC(=O)C(C)Oc1ccc(F)cc1Cl. The van der Waals surface area contributed by atoms with Crippen LogP contribution in [-0.2, 0) is 4.79 Å². The Balaban J connectivity index is 2.55. The molecular formula is C16H23ClFNO3. The van der Waals surface area contributed by atoms with E-state index in [1.54, 1.807) is 13.8 Å². The van der Waals surface area contributed by atoms with Crippen molar-refractivity contribution < 1.29 is 19.0 Å². The molecule has 22 heavy (non-hydrogen) atoms. The molecular weight excluding hydrogens is 309 g/mol. The third-order valence-corrected chi connectivity index (χ3v) is 3.45. The molecule has 4 nitrogen and oxygen atoms in total. The zero-order valence-corrected chi connectivity index (χ0v) is 14.1. The summed E-state index contributed by atoms with van der Waals surface area (Å²) < 4.78 is 18.4. The molecule has 0 heterocycles. The first-order valence-electron chi connectivity index (χ1n) is 7.18. The summed E-state index contributed by atoms with van der Waals surface area (Å²) in [7, 11) is 0. The summed E-state index contributed by atoms with van der Waals surface area (Å²) >= 11 is 5.86. The van der Waals surface area contributed by atoms with Crippen molar-refractivity contribution in [1.82, 2.24) is 5.32 Å². The number of benzene rings is 1. The van der Waals surface area contributed by atoms with Gasteiger partial charge in [0.15, 0.2) is 6.10 Å².